The molecule has 1 heterocycles. The molecule has 3 nitrogen and oxygen atoms in total. The summed E-state index contributed by atoms with van der Waals surface area (Å²) in [5, 5.41) is 0. The summed E-state index contributed by atoms with van der Waals surface area (Å²) in [4.78, 5) is 13.0. The first-order chi connectivity index (χ1) is 9.26. The van der Waals surface area contributed by atoms with Crippen LogP contribution in [0.5, 0.6) is 0 Å². The molecule has 0 unspecified atom stereocenters. The second-order valence-corrected chi connectivity index (χ2v) is 4.48. The molecule has 0 amide bonds. The van der Waals surface area contributed by atoms with Gasteiger partial charge in [0.25, 0.3) is 0 Å². The molecule has 2 rings (SSSR count). The van der Waals surface area contributed by atoms with Gasteiger partial charge in [0.15, 0.2) is 12.0 Å². The molecule has 2 aromatic rings. The minimum Gasteiger partial charge on any atom is -0.453 e. The van der Waals surface area contributed by atoms with E-state index >= 15 is 0 Å². The van der Waals surface area contributed by atoms with Crippen molar-refractivity contribution in [1.29, 1.82) is 0 Å². The zero-order valence-corrected chi connectivity index (χ0v) is 11.4. The van der Waals surface area contributed by atoms with E-state index in [2.05, 4.69) is 30.9 Å². The molecule has 100 valence electrons. The topological polar surface area (TPSA) is 33.5 Å². The van der Waals surface area contributed by atoms with E-state index in [1.807, 2.05) is 18.2 Å². The zero-order chi connectivity index (χ0) is 13.7. The number of carbonyl (C=O) groups is 1. The SMILES string of the molecule is CCN(CC)Cc1ccc(-c2ccc(C=O)o2)cc1. The number of nitrogens with zero attached hydrogens (tertiary/aromatic N) is 1. The highest BCUT2D eigenvalue weighted by Gasteiger charge is 2.05. The molecular formula is C16H19NO2. The maximum absolute atomic E-state index is 10.6. The fourth-order valence-corrected chi connectivity index (χ4v) is 2.05. The Morgan fingerprint density at radius 1 is 1.05 bits per heavy atom. The molecule has 1 aromatic carbocycles. The van der Waals surface area contributed by atoms with Gasteiger partial charge < -0.3 is 4.42 Å². The summed E-state index contributed by atoms with van der Waals surface area (Å²) >= 11 is 0. The monoisotopic (exact) mass is 257 g/mol. The van der Waals surface area contributed by atoms with Crippen LogP contribution in [0.25, 0.3) is 11.3 Å². The molecule has 0 saturated heterocycles. The highest BCUT2D eigenvalue weighted by Crippen LogP contribution is 2.22. The molecule has 0 fully saturated rings. The highest BCUT2D eigenvalue weighted by molar-refractivity contribution is 5.72. The predicted octanol–water partition coefficient (Wildman–Crippen LogP) is 3.60. The van der Waals surface area contributed by atoms with Crippen molar-refractivity contribution in [2.75, 3.05) is 13.1 Å². The Balaban J connectivity index is 2.11. The summed E-state index contributed by atoms with van der Waals surface area (Å²) in [6.07, 6.45) is 0.720. The predicted molar refractivity (Wildman–Crippen MR) is 76.2 cm³/mol. The minimum absolute atomic E-state index is 0.363. The third kappa shape index (κ3) is 3.32. The van der Waals surface area contributed by atoms with Gasteiger partial charge >= 0.3 is 0 Å². The van der Waals surface area contributed by atoms with Crippen molar-refractivity contribution in [1.82, 2.24) is 4.90 Å². The van der Waals surface area contributed by atoms with Crippen LogP contribution in [-0.2, 0) is 6.54 Å². The Kier molecular flexibility index (Phi) is 4.53. The van der Waals surface area contributed by atoms with Gasteiger partial charge in [-0.2, -0.15) is 0 Å². The van der Waals surface area contributed by atoms with Crippen molar-refractivity contribution in [3.05, 3.63) is 47.7 Å². The fraction of sp³-hybridized carbons (Fsp3) is 0.312. The lowest BCUT2D eigenvalue weighted by molar-refractivity contribution is 0.110. The van der Waals surface area contributed by atoms with E-state index in [4.69, 9.17) is 4.42 Å². The maximum Gasteiger partial charge on any atom is 0.185 e. The van der Waals surface area contributed by atoms with Crippen LogP contribution in [0, 0.1) is 0 Å². The first-order valence-electron chi connectivity index (χ1n) is 6.63. The van der Waals surface area contributed by atoms with E-state index in [9.17, 15) is 4.79 Å². The number of furan rings is 1. The third-order valence-electron chi connectivity index (χ3n) is 3.28. The Labute approximate surface area is 113 Å². The molecule has 0 atom stereocenters. The van der Waals surface area contributed by atoms with E-state index in [0.717, 1.165) is 37.2 Å². The third-order valence-corrected chi connectivity index (χ3v) is 3.28. The van der Waals surface area contributed by atoms with Crippen molar-refractivity contribution in [3.63, 3.8) is 0 Å². The standard InChI is InChI=1S/C16H19NO2/c1-3-17(4-2)11-13-5-7-14(8-6-13)16-10-9-15(12-18)19-16/h5-10,12H,3-4,11H2,1-2H3. The van der Waals surface area contributed by atoms with E-state index in [0.29, 0.717) is 5.76 Å². The number of hydrogen-bond donors (Lipinski definition) is 0. The smallest absolute Gasteiger partial charge is 0.185 e. The summed E-state index contributed by atoms with van der Waals surface area (Å²) in [6, 6.07) is 11.8. The molecule has 19 heavy (non-hydrogen) atoms. The van der Waals surface area contributed by atoms with Gasteiger partial charge in [-0.25, -0.2) is 0 Å². The van der Waals surface area contributed by atoms with Gasteiger partial charge in [-0.05, 0) is 30.8 Å². The lowest BCUT2D eigenvalue weighted by Gasteiger charge is -2.17. The van der Waals surface area contributed by atoms with Crippen LogP contribution in [0.1, 0.15) is 30.0 Å². The second-order valence-electron chi connectivity index (χ2n) is 4.48. The molecular weight excluding hydrogens is 238 g/mol. The molecule has 3 heteroatoms. The summed E-state index contributed by atoms with van der Waals surface area (Å²) in [5.74, 6) is 1.10. The summed E-state index contributed by atoms with van der Waals surface area (Å²) < 4.78 is 5.40. The largest absolute Gasteiger partial charge is 0.453 e. The van der Waals surface area contributed by atoms with E-state index < -0.39 is 0 Å². The lowest BCUT2D eigenvalue weighted by atomic mass is 10.1. The fourth-order valence-electron chi connectivity index (χ4n) is 2.05. The van der Waals surface area contributed by atoms with Gasteiger partial charge in [-0.15, -0.1) is 0 Å². The number of aldehydes is 1. The molecule has 0 aliphatic carbocycles. The van der Waals surface area contributed by atoms with E-state index in [1.54, 1.807) is 6.07 Å². The Morgan fingerprint density at radius 2 is 1.74 bits per heavy atom. The van der Waals surface area contributed by atoms with Crippen LogP contribution in [0.3, 0.4) is 0 Å². The van der Waals surface area contributed by atoms with E-state index in [1.165, 1.54) is 5.56 Å². The number of carbonyl (C=O) groups excluding carboxylic acids is 1. The van der Waals surface area contributed by atoms with Crippen molar-refractivity contribution < 1.29 is 9.21 Å². The molecule has 0 radical (unpaired) electrons. The van der Waals surface area contributed by atoms with Crippen LogP contribution in [0.2, 0.25) is 0 Å². The van der Waals surface area contributed by atoms with Crippen molar-refractivity contribution >= 4 is 6.29 Å². The van der Waals surface area contributed by atoms with Gasteiger partial charge in [0.2, 0.25) is 0 Å². The van der Waals surface area contributed by atoms with Crippen molar-refractivity contribution in [2.45, 2.75) is 20.4 Å². The Morgan fingerprint density at radius 3 is 2.26 bits per heavy atom. The van der Waals surface area contributed by atoms with Crippen LogP contribution in [0.15, 0.2) is 40.8 Å². The van der Waals surface area contributed by atoms with E-state index in [-0.39, 0.29) is 0 Å². The van der Waals surface area contributed by atoms with Gasteiger partial charge in [0.1, 0.15) is 5.76 Å². The minimum atomic E-state index is 0.363. The summed E-state index contributed by atoms with van der Waals surface area (Å²) in [7, 11) is 0. The van der Waals surface area contributed by atoms with Crippen molar-refractivity contribution in [2.24, 2.45) is 0 Å². The molecule has 0 bridgehead atoms. The molecule has 1 aromatic heterocycles. The maximum atomic E-state index is 10.6. The second kappa shape index (κ2) is 6.34. The molecule has 0 saturated carbocycles. The quantitative estimate of drug-likeness (QED) is 0.741. The zero-order valence-electron chi connectivity index (χ0n) is 11.4. The number of rotatable bonds is 6. The lowest BCUT2D eigenvalue weighted by Crippen LogP contribution is -2.21. The highest BCUT2D eigenvalue weighted by atomic mass is 16.3. The van der Waals surface area contributed by atoms with Crippen LogP contribution < -0.4 is 0 Å². The Bertz CT molecular complexity index is 524. The summed E-state index contributed by atoms with van der Waals surface area (Å²) in [5.41, 5.74) is 2.28. The van der Waals surface area contributed by atoms with Crippen molar-refractivity contribution in [3.8, 4) is 11.3 Å². The van der Waals surface area contributed by atoms with Gasteiger partial charge in [0, 0.05) is 12.1 Å². The molecule has 0 N–H and O–H groups in total. The van der Waals surface area contributed by atoms with Crippen LogP contribution >= 0.6 is 0 Å². The average molecular weight is 257 g/mol. The molecule has 0 aliphatic rings. The first-order valence-corrected chi connectivity index (χ1v) is 6.63. The average Bonchev–Trinajstić information content (AvgIpc) is 2.94. The molecule has 0 spiro atoms. The van der Waals surface area contributed by atoms with Crippen LogP contribution in [-0.4, -0.2) is 24.3 Å². The van der Waals surface area contributed by atoms with Crippen LogP contribution in [0.4, 0.5) is 0 Å². The number of benzene rings is 1. The summed E-state index contributed by atoms with van der Waals surface area (Å²) in [6.45, 7) is 7.41. The Hall–Kier alpha value is -1.87. The number of hydrogen-bond acceptors (Lipinski definition) is 3. The molecule has 0 aliphatic heterocycles. The first kappa shape index (κ1) is 13.6. The van der Waals surface area contributed by atoms with Gasteiger partial charge in [-0.3, -0.25) is 9.69 Å². The van der Waals surface area contributed by atoms with Gasteiger partial charge in [0.05, 0.1) is 0 Å². The van der Waals surface area contributed by atoms with Gasteiger partial charge in [-0.1, -0.05) is 38.1 Å². The normalized spacial score (nSPS) is 10.9.